The maximum absolute atomic E-state index is 11.7. The molecule has 0 atom stereocenters. The molecule has 0 fully saturated rings. The monoisotopic (exact) mass is 213 g/mol. The largest absolute Gasteiger partial charge is 0.331 e. The summed E-state index contributed by atoms with van der Waals surface area (Å²) in [6, 6.07) is 7.22. The zero-order valence-electron chi connectivity index (χ0n) is 8.63. The predicted octanol–water partition coefficient (Wildman–Crippen LogP) is 2.61. The maximum atomic E-state index is 11.7. The number of anilines is 1. The predicted molar refractivity (Wildman–Crippen MR) is 63.2 cm³/mol. The van der Waals surface area contributed by atoms with Crippen molar-refractivity contribution in [3.05, 3.63) is 55.1 Å². The molecule has 0 aliphatic heterocycles. The van der Waals surface area contributed by atoms with Crippen molar-refractivity contribution in [1.29, 1.82) is 0 Å². The molecular weight excluding hydrogens is 202 g/mol. The van der Waals surface area contributed by atoms with Gasteiger partial charge in [-0.1, -0.05) is 30.9 Å². The number of hydrogen-bond donors (Lipinski definition) is 1. The van der Waals surface area contributed by atoms with E-state index in [1.165, 1.54) is 10.9 Å². The summed E-state index contributed by atoms with van der Waals surface area (Å²) in [4.78, 5) is 15.5. The van der Waals surface area contributed by atoms with E-state index in [0.717, 1.165) is 11.3 Å². The highest BCUT2D eigenvalue weighted by atomic mass is 16.2. The van der Waals surface area contributed by atoms with E-state index in [1.807, 2.05) is 24.3 Å². The minimum absolute atomic E-state index is 0.244. The van der Waals surface area contributed by atoms with Gasteiger partial charge in [-0.2, -0.15) is 0 Å². The summed E-state index contributed by atoms with van der Waals surface area (Å²) in [6.07, 6.45) is 6.29. The van der Waals surface area contributed by atoms with Gasteiger partial charge in [0, 0.05) is 18.1 Å². The van der Waals surface area contributed by atoms with Crippen LogP contribution in [0.3, 0.4) is 0 Å². The number of hydrogen-bond acceptors (Lipinski definition) is 2. The second-order valence-electron chi connectivity index (χ2n) is 3.19. The third kappa shape index (κ3) is 2.00. The number of amides is 1. The molecule has 1 heterocycles. The van der Waals surface area contributed by atoms with Crippen molar-refractivity contribution >= 4 is 17.8 Å². The van der Waals surface area contributed by atoms with Crippen molar-refractivity contribution in [1.82, 2.24) is 9.55 Å². The lowest BCUT2D eigenvalue weighted by Gasteiger charge is -2.07. The van der Waals surface area contributed by atoms with Crippen LogP contribution in [0.2, 0.25) is 0 Å². The van der Waals surface area contributed by atoms with Gasteiger partial charge in [-0.25, -0.2) is 9.78 Å². The van der Waals surface area contributed by atoms with Crippen LogP contribution in [0.15, 0.2) is 49.6 Å². The third-order valence-corrected chi connectivity index (χ3v) is 2.16. The van der Waals surface area contributed by atoms with Crippen LogP contribution in [0.25, 0.3) is 6.08 Å². The summed E-state index contributed by atoms with van der Waals surface area (Å²) in [6.45, 7) is 3.69. The SMILES string of the molecule is C=Cc1ccccc1NC(=O)n1ccnc1. The van der Waals surface area contributed by atoms with E-state index in [4.69, 9.17) is 0 Å². The van der Waals surface area contributed by atoms with Crippen LogP contribution in [0, 0.1) is 0 Å². The number of benzene rings is 1. The van der Waals surface area contributed by atoms with Gasteiger partial charge < -0.3 is 5.32 Å². The summed E-state index contributed by atoms with van der Waals surface area (Å²) in [7, 11) is 0. The first-order chi connectivity index (χ1) is 7.81. The Hall–Kier alpha value is -2.36. The number of rotatable bonds is 2. The third-order valence-electron chi connectivity index (χ3n) is 2.16. The number of aromatic nitrogens is 2. The molecule has 4 heteroatoms. The number of imidazole rings is 1. The van der Waals surface area contributed by atoms with Gasteiger partial charge in [0.1, 0.15) is 6.33 Å². The molecule has 80 valence electrons. The van der Waals surface area contributed by atoms with Crippen molar-refractivity contribution in [2.75, 3.05) is 5.32 Å². The lowest BCUT2D eigenvalue weighted by Crippen LogP contribution is -2.18. The zero-order chi connectivity index (χ0) is 11.4. The Labute approximate surface area is 93.2 Å². The van der Waals surface area contributed by atoms with Gasteiger partial charge in [0.15, 0.2) is 0 Å². The molecule has 0 radical (unpaired) electrons. The van der Waals surface area contributed by atoms with E-state index in [1.54, 1.807) is 18.5 Å². The van der Waals surface area contributed by atoms with E-state index in [-0.39, 0.29) is 6.03 Å². The molecule has 0 saturated heterocycles. The van der Waals surface area contributed by atoms with Gasteiger partial charge in [0.25, 0.3) is 0 Å². The summed E-state index contributed by atoms with van der Waals surface area (Å²) in [5.41, 5.74) is 1.62. The smallest absolute Gasteiger partial charge is 0.307 e. The summed E-state index contributed by atoms with van der Waals surface area (Å²) in [5, 5.41) is 2.78. The maximum Gasteiger partial charge on any atom is 0.331 e. The van der Waals surface area contributed by atoms with Crippen molar-refractivity contribution in [2.24, 2.45) is 0 Å². The van der Waals surface area contributed by atoms with Crippen molar-refractivity contribution in [3.63, 3.8) is 0 Å². The van der Waals surface area contributed by atoms with Crippen LogP contribution >= 0.6 is 0 Å². The molecule has 2 rings (SSSR count). The molecule has 4 nitrogen and oxygen atoms in total. The van der Waals surface area contributed by atoms with E-state index >= 15 is 0 Å². The second kappa shape index (κ2) is 4.44. The fourth-order valence-electron chi connectivity index (χ4n) is 1.35. The van der Waals surface area contributed by atoms with Crippen LogP contribution in [-0.2, 0) is 0 Å². The lowest BCUT2D eigenvalue weighted by atomic mass is 10.2. The fourth-order valence-corrected chi connectivity index (χ4v) is 1.35. The highest BCUT2D eigenvalue weighted by molar-refractivity contribution is 5.92. The van der Waals surface area contributed by atoms with E-state index < -0.39 is 0 Å². The molecule has 16 heavy (non-hydrogen) atoms. The van der Waals surface area contributed by atoms with Crippen LogP contribution in [0.5, 0.6) is 0 Å². The van der Waals surface area contributed by atoms with Gasteiger partial charge >= 0.3 is 6.03 Å². The Morgan fingerprint density at radius 2 is 2.25 bits per heavy atom. The standard InChI is InChI=1S/C12H11N3O/c1-2-10-5-3-4-6-11(10)14-12(16)15-8-7-13-9-15/h2-9H,1H2,(H,14,16). The van der Waals surface area contributed by atoms with Gasteiger partial charge in [0.05, 0.1) is 0 Å². The Balaban J connectivity index is 2.21. The number of nitrogens with zero attached hydrogens (tertiary/aromatic N) is 2. The quantitative estimate of drug-likeness (QED) is 0.833. The number of para-hydroxylation sites is 1. The Bertz CT molecular complexity index is 503. The van der Waals surface area contributed by atoms with Gasteiger partial charge in [0.2, 0.25) is 0 Å². The van der Waals surface area contributed by atoms with Crippen molar-refractivity contribution in [3.8, 4) is 0 Å². The average Bonchev–Trinajstić information content (AvgIpc) is 2.83. The lowest BCUT2D eigenvalue weighted by molar-refractivity contribution is 0.253. The van der Waals surface area contributed by atoms with E-state index in [9.17, 15) is 4.79 Å². The minimum Gasteiger partial charge on any atom is -0.307 e. The van der Waals surface area contributed by atoms with E-state index in [2.05, 4.69) is 16.9 Å². The molecule has 1 aromatic heterocycles. The Morgan fingerprint density at radius 1 is 1.44 bits per heavy atom. The second-order valence-corrected chi connectivity index (χ2v) is 3.19. The normalized spacial score (nSPS) is 9.75. The summed E-state index contributed by atoms with van der Waals surface area (Å²) < 4.78 is 1.37. The molecule has 1 aromatic carbocycles. The first-order valence-electron chi connectivity index (χ1n) is 4.82. The highest BCUT2D eigenvalue weighted by Crippen LogP contribution is 2.15. The fraction of sp³-hybridized carbons (Fsp3) is 0. The van der Waals surface area contributed by atoms with Crippen LogP contribution < -0.4 is 5.32 Å². The van der Waals surface area contributed by atoms with Crippen molar-refractivity contribution in [2.45, 2.75) is 0 Å². The number of carbonyl (C=O) groups is 1. The number of carbonyl (C=O) groups excluding carboxylic acids is 1. The van der Waals surface area contributed by atoms with Gasteiger partial charge in [-0.05, 0) is 11.6 Å². The molecule has 0 aliphatic rings. The number of nitrogens with one attached hydrogen (secondary N) is 1. The van der Waals surface area contributed by atoms with E-state index in [0.29, 0.717) is 0 Å². The first kappa shape index (κ1) is 10.2. The minimum atomic E-state index is -0.244. The molecule has 0 bridgehead atoms. The molecule has 1 amide bonds. The van der Waals surface area contributed by atoms with Gasteiger partial charge in [-0.3, -0.25) is 4.57 Å². The molecule has 0 spiro atoms. The molecule has 1 N–H and O–H groups in total. The first-order valence-corrected chi connectivity index (χ1v) is 4.82. The van der Waals surface area contributed by atoms with Gasteiger partial charge in [-0.15, -0.1) is 0 Å². The Kier molecular flexibility index (Phi) is 2.82. The average molecular weight is 213 g/mol. The molecular formula is C12H11N3O. The molecule has 0 saturated carbocycles. The van der Waals surface area contributed by atoms with Crippen molar-refractivity contribution < 1.29 is 4.79 Å². The topological polar surface area (TPSA) is 46.9 Å². The molecule has 2 aromatic rings. The zero-order valence-corrected chi connectivity index (χ0v) is 8.63. The van der Waals surface area contributed by atoms with Crippen LogP contribution in [-0.4, -0.2) is 15.6 Å². The van der Waals surface area contributed by atoms with Crippen LogP contribution in [0.4, 0.5) is 10.5 Å². The Morgan fingerprint density at radius 3 is 2.94 bits per heavy atom. The highest BCUT2D eigenvalue weighted by Gasteiger charge is 2.05. The van der Waals surface area contributed by atoms with Crippen LogP contribution in [0.1, 0.15) is 5.56 Å². The summed E-state index contributed by atoms with van der Waals surface area (Å²) >= 11 is 0. The molecule has 0 unspecified atom stereocenters. The molecule has 0 aliphatic carbocycles. The summed E-state index contributed by atoms with van der Waals surface area (Å²) in [5.74, 6) is 0.